The van der Waals surface area contributed by atoms with Crippen molar-refractivity contribution in [2.75, 3.05) is 19.6 Å². The van der Waals surface area contributed by atoms with Gasteiger partial charge in [0.2, 0.25) is 10.0 Å². The third kappa shape index (κ3) is 5.48. The Bertz CT molecular complexity index is 838. The molecule has 1 aliphatic rings. The van der Waals surface area contributed by atoms with Crippen molar-refractivity contribution in [2.45, 2.75) is 32.4 Å². The number of benzene rings is 1. The van der Waals surface area contributed by atoms with Gasteiger partial charge in [-0.05, 0) is 48.7 Å². The van der Waals surface area contributed by atoms with E-state index in [2.05, 4.69) is 16.8 Å². The lowest BCUT2D eigenvalue weighted by molar-refractivity contribution is 0.134. The van der Waals surface area contributed by atoms with Gasteiger partial charge in [-0.15, -0.1) is 0 Å². The van der Waals surface area contributed by atoms with Gasteiger partial charge in [0.25, 0.3) is 0 Å². The first kappa shape index (κ1) is 19.7. The number of piperidine rings is 1. The molecule has 6 heteroatoms. The van der Waals surface area contributed by atoms with Crippen molar-refractivity contribution < 1.29 is 8.42 Å². The predicted octanol–water partition coefficient (Wildman–Crippen LogP) is 3.37. The lowest BCUT2D eigenvalue weighted by atomic mass is 10.1. The summed E-state index contributed by atoms with van der Waals surface area (Å²) in [6, 6.07) is 13.8. The highest BCUT2D eigenvalue weighted by Crippen LogP contribution is 2.21. The van der Waals surface area contributed by atoms with E-state index in [0.29, 0.717) is 13.1 Å². The van der Waals surface area contributed by atoms with Gasteiger partial charge in [-0.25, -0.2) is 8.42 Å². The van der Waals surface area contributed by atoms with E-state index in [1.807, 2.05) is 42.5 Å². The van der Waals surface area contributed by atoms with Gasteiger partial charge in [-0.1, -0.05) is 37.3 Å². The minimum Gasteiger partial charge on any atom is -0.295 e. The highest BCUT2D eigenvalue weighted by Gasteiger charge is 2.30. The molecule has 0 unspecified atom stereocenters. The number of sulfonamides is 1. The maximum atomic E-state index is 12.8. The largest absolute Gasteiger partial charge is 0.295 e. The van der Waals surface area contributed by atoms with E-state index in [1.165, 1.54) is 11.0 Å². The van der Waals surface area contributed by atoms with Crippen LogP contribution in [0.25, 0.3) is 6.08 Å². The highest BCUT2D eigenvalue weighted by molar-refractivity contribution is 7.92. The fraction of sp³-hybridized carbons (Fsp3) is 0.381. The van der Waals surface area contributed by atoms with Crippen LogP contribution in [0.2, 0.25) is 0 Å². The number of hydrogen-bond donors (Lipinski definition) is 0. The monoisotopic (exact) mass is 385 g/mol. The third-order valence-corrected chi connectivity index (χ3v) is 6.54. The molecule has 0 spiro atoms. The molecule has 0 aliphatic carbocycles. The maximum absolute atomic E-state index is 12.8. The van der Waals surface area contributed by atoms with Crippen LogP contribution in [0.1, 0.15) is 30.9 Å². The van der Waals surface area contributed by atoms with E-state index < -0.39 is 10.0 Å². The van der Waals surface area contributed by atoms with Gasteiger partial charge in [0.15, 0.2) is 0 Å². The van der Waals surface area contributed by atoms with Gasteiger partial charge in [0.05, 0.1) is 0 Å². The van der Waals surface area contributed by atoms with Crippen LogP contribution in [0, 0.1) is 0 Å². The molecule has 27 heavy (non-hydrogen) atoms. The molecular formula is C21H27N3O2S. The van der Waals surface area contributed by atoms with Crippen molar-refractivity contribution in [2.24, 2.45) is 0 Å². The lowest BCUT2D eigenvalue weighted by Gasteiger charge is -2.38. The summed E-state index contributed by atoms with van der Waals surface area (Å²) in [5.41, 5.74) is 2.10. The normalized spacial score (nSPS) is 19.0. The van der Waals surface area contributed by atoms with Crippen molar-refractivity contribution in [1.82, 2.24) is 14.2 Å². The second kappa shape index (κ2) is 9.26. The van der Waals surface area contributed by atoms with E-state index in [-0.39, 0.29) is 6.04 Å². The van der Waals surface area contributed by atoms with E-state index in [4.69, 9.17) is 0 Å². The van der Waals surface area contributed by atoms with Crippen LogP contribution in [0.5, 0.6) is 0 Å². The first-order valence-electron chi connectivity index (χ1n) is 9.44. The Morgan fingerprint density at radius 1 is 1.19 bits per heavy atom. The van der Waals surface area contributed by atoms with Crippen molar-refractivity contribution in [3.63, 3.8) is 0 Å². The molecule has 0 bridgehead atoms. The van der Waals surface area contributed by atoms with Crippen molar-refractivity contribution in [1.29, 1.82) is 0 Å². The molecule has 1 aliphatic heterocycles. The minimum absolute atomic E-state index is 0.233. The van der Waals surface area contributed by atoms with E-state index in [9.17, 15) is 8.42 Å². The molecule has 2 heterocycles. The Balaban J connectivity index is 1.68. The maximum Gasteiger partial charge on any atom is 0.236 e. The summed E-state index contributed by atoms with van der Waals surface area (Å²) in [7, 11) is -3.41. The standard InChI is InChI=1S/C21H27N3O2S/c1-2-23(17-20-10-13-22-14-11-20)21-9-6-15-24(18-21)27(25,26)16-12-19-7-4-3-5-8-19/h3-5,7-8,10-14,16,21H,2,6,9,15,17-18H2,1H3/b16-12+/t21-/m1/s1. The Kier molecular flexibility index (Phi) is 6.77. The van der Waals surface area contributed by atoms with Crippen LogP contribution in [-0.4, -0.2) is 48.3 Å². The Labute approximate surface area is 162 Å². The van der Waals surface area contributed by atoms with Crippen LogP contribution < -0.4 is 0 Å². The van der Waals surface area contributed by atoms with Crippen LogP contribution in [0.3, 0.4) is 0 Å². The number of nitrogens with zero attached hydrogens (tertiary/aromatic N) is 3. The number of rotatable bonds is 7. The van der Waals surface area contributed by atoms with Gasteiger partial charge in [-0.2, -0.15) is 4.31 Å². The van der Waals surface area contributed by atoms with Crippen molar-refractivity contribution in [3.8, 4) is 0 Å². The van der Waals surface area contributed by atoms with Crippen LogP contribution >= 0.6 is 0 Å². The van der Waals surface area contributed by atoms with E-state index in [0.717, 1.165) is 31.5 Å². The fourth-order valence-electron chi connectivity index (χ4n) is 3.49. The molecule has 5 nitrogen and oxygen atoms in total. The summed E-state index contributed by atoms with van der Waals surface area (Å²) in [4.78, 5) is 6.43. The third-order valence-electron chi connectivity index (χ3n) is 5.01. The molecule has 1 aromatic heterocycles. The smallest absolute Gasteiger partial charge is 0.236 e. The fourth-order valence-corrected chi connectivity index (χ4v) is 4.75. The Morgan fingerprint density at radius 3 is 2.63 bits per heavy atom. The summed E-state index contributed by atoms with van der Waals surface area (Å²) in [6.07, 6.45) is 7.18. The minimum atomic E-state index is -3.41. The molecule has 2 aromatic rings. The second-order valence-corrected chi connectivity index (χ2v) is 8.65. The quantitative estimate of drug-likeness (QED) is 0.733. The molecule has 0 radical (unpaired) electrons. The molecule has 0 amide bonds. The van der Waals surface area contributed by atoms with Gasteiger partial charge in [0.1, 0.15) is 0 Å². The first-order valence-corrected chi connectivity index (χ1v) is 10.9. The van der Waals surface area contributed by atoms with Crippen LogP contribution in [-0.2, 0) is 16.6 Å². The molecule has 0 N–H and O–H groups in total. The molecule has 3 rings (SSSR count). The molecule has 1 atom stereocenters. The van der Waals surface area contributed by atoms with Crippen LogP contribution in [0.4, 0.5) is 0 Å². The number of pyridine rings is 1. The summed E-state index contributed by atoms with van der Waals surface area (Å²) in [5.74, 6) is 0. The zero-order valence-electron chi connectivity index (χ0n) is 15.7. The molecule has 1 saturated heterocycles. The molecule has 0 saturated carbocycles. The predicted molar refractivity (Wildman–Crippen MR) is 109 cm³/mol. The summed E-state index contributed by atoms with van der Waals surface area (Å²) in [5, 5.41) is 1.34. The average molecular weight is 386 g/mol. The van der Waals surface area contributed by atoms with Gasteiger partial charge in [0, 0.05) is 43.5 Å². The van der Waals surface area contributed by atoms with Crippen LogP contribution in [0.15, 0.2) is 60.3 Å². The second-order valence-electron chi connectivity index (χ2n) is 6.83. The Morgan fingerprint density at radius 2 is 1.93 bits per heavy atom. The van der Waals surface area contributed by atoms with Gasteiger partial charge in [-0.3, -0.25) is 9.88 Å². The van der Waals surface area contributed by atoms with Crippen molar-refractivity contribution >= 4 is 16.1 Å². The molecule has 1 fully saturated rings. The SMILES string of the molecule is CCN(Cc1ccncc1)[C@@H]1CCCN(S(=O)(=O)/C=C/c2ccccc2)C1. The summed E-state index contributed by atoms with van der Waals surface area (Å²) >= 11 is 0. The topological polar surface area (TPSA) is 53.5 Å². The van der Waals surface area contributed by atoms with E-state index in [1.54, 1.807) is 22.8 Å². The zero-order chi connectivity index (χ0) is 19.1. The molecule has 144 valence electrons. The highest BCUT2D eigenvalue weighted by atomic mass is 32.2. The molecular weight excluding hydrogens is 358 g/mol. The van der Waals surface area contributed by atoms with E-state index >= 15 is 0 Å². The molecule has 1 aromatic carbocycles. The average Bonchev–Trinajstić information content (AvgIpc) is 2.72. The lowest BCUT2D eigenvalue weighted by Crippen LogP contribution is -2.49. The summed E-state index contributed by atoms with van der Waals surface area (Å²) in [6.45, 7) is 4.97. The zero-order valence-corrected chi connectivity index (χ0v) is 16.6. The Hall–Kier alpha value is -2.02. The van der Waals surface area contributed by atoms with Gasteiger partial charge < -0.3 is 0 Å². The number of aromatic nitrogens is 1. The number of likely N-dealkylation sites (N-methyl/N-ethyl adjacent to an activating group) is 1. The van der Waals surface area contributed by atoms with Gasteiger partial charge >= 0.3 is 0 Å². The first-order chi connectivity index (χ1) is 13.1. The number of hydrogen-bond acceptors (Lipinski definition) is 4. The summed E-state index contributed by atoms with van der Waals surface area (Å²) < 4.78 is 27.2. The van der Waals surface area contributed by atoms with Crippen molar-refractivity contribution in [3.05, 3.63) is 71.4 Å².